The van der Waals surface area contributed by atoms with Gasteiger partial charge in [-0.05, 0) is 24.3 Å². The second-order valence-corrected chi connectivity index (χ2v) is 6.79. The minimum absolute atomic E-state index is 0.125. The maximum Gasteiger partial charge on any atom is 0.329 e. The van der Waals surface area contributed by atoms with Crippen molar-refractivity contribution < 1.29 is 19.1 Å². The minimum Gasteiger partial charge on any atom is -0.480 e. The number of rotatable bonds is 6. The minimum atomic E-state index is -1.12. The van der Waals surface area contributed by atoms with Crippen LogP contribution in [-0.2, 0) is 16.0 Å². The Morgan fingerprint density at radius 1 is 1.29 bits per heavy atom. The molecule has 1 fully saturated rings. The van der Waals surface area contributed by atoms with Crippen molar-refractivity contribution in [1.82, 2.24) is 15.5 Å². The number of nitrogens with one attached hydrogen (secondary N) is 1. The number of carboxylic acids is 1. The zero-order chi connectivity index (χ0) is 17.0. The van der Waals surface area contributed by atoms with Crippen molar-refractivity contribution in [2.75, 3.05) is 0 Å². The standard InChI is InChI=1S/C16H19N3O4S/c20-12(17-16(15(21)22)7-2-1-3-8-16)4-5-13-18-19-14(23-13)11-6-9-24-10-11/h6,9-10H,1-5,7-8H2,(H,17,20)(H,21,22). The molecule has 24 heavy (non-hydrogen) atoms. The monoisotopic (exact) mass is 349 g/mol. The van der Waals surface area contributed by atoms with Crippen LogP contribution in [0.25, 0.3) is 11.5 Å². The van der Waals surface area contributed by atoms with Gasteiger partial charge in [0.25, 0.3) is 0 Å². The predicted octanol–water partition coefficient (Wildman–Crippen LogP) is 2.63. The number of hydrogen-bond donors (Lipinski definition) is 2. The lowest BCUT2D eigenvalue weighted by Gasteiger charge is -2.33. The van der Waals surface area contributed by atoms with Gasteiger partial charge in [0.1, 0.15) is 5.54 Å². The summed E-state index contributed by atoms with van der Waals surface area (Å²) in [6.45, 7) is 0. The molecule has 2 aromatic rings. The maximum atomic E-state index is 12.2. The molecule has 2 aromatic heterocycles. The maximum absolute atomic E-state index is 12.2. The first-order valence-corrected chi connectivity index (χ1v) is 8.93. The van der Waals surface area contributed by atoms with E-state index < -0.39 is 11.5 Å². The summed E-state index contributed by atoms with van der Waals surface area (Å²) in [6.07, 6.45) is 4.03. The molecular weight excluding hydrogens is 330 g/mol. The van der Waals surface area contributed by atoms with Crippen molar-refractivity contribution in [2.24, 2.45) is 0 Å². The summed E-state index contributed by atoms with van der Waals surface area (Å²) in [7, 11) is 0. The highest BCUT2D eigenvalue weighted by Gasteiger charge is 2.40. The van der Waals surface area contributed by atoms with Crippen LogP contribution >= 0.6 is 11.3 Å². The Kier molecular flexibility index (Phi) is 4.94. The highest BCUT2D eigenvalue weighted by atomic mass is 32.1. The smallest absolute Gasteiger partial charge is 0.329 e. The van der Waals surface area contributed by atoms with Gasteiger partial charge in [0.2, 0.25) is 17.7 Å². The molecular formula is C16H19N3O4S. The largest absolute Gasteiger partial charge is 0.480 e. The highest BCUT2D eigenvalue weighted by molar-refractivity contribution is 7.08. The number of aromatic nitrogens is 2. The summed E-state index contributed by atoms with van der Waals surface area (Å²) in [5.41, 5.74) is -0.262. The molecule has 0 unspecified atom stereocenters. The van der Waals surface area contributed by atoms with Gasteiger partial charge in [-0.3, -0.25) is 4.79 Å². The molecule has 2 N–H and O–H groups in total. The third kappa shape index (κ3) is 3.64. The van der Waals surface area contributed by atoms with E-state index in [1.54, 1.807) is 0 Å². The van der Waals surface area contributed by atoms with Crippen LogP contribution in [0.5, 0.6) is 0 Å². The van der Waals surface area contributed by atoms with Crippen LogP contribution in [0.2, 0.25) is 0 Å². The molecule has 0 bridgehead atoms. The van der Waals surface area contributed by atoms with E-state index in [-0.39, 0.29) is 12.3 Å². The summed E-state index contributed by atoms with van der Waals surface area (Å²) in [4.78, 5) is 23.7. The second-order valence-electron chi connectivity index (χ2n) is 6.01. The van der Waals surface area contributed by atoms with E-state index in [0.717, 1.165) is 24.8 Å². The average molecular weight is 349 g/mol. The van der Waals surface area contributed by atoms with Crippen LogP contribution in [-0.4, -0.2) is 32.7 Å². The Bertz CT molecular complexity index is 705. The molecule has 128 valence electrons. The lowest BCUT2D eigenvalue weighted by molar-refractivity contribution is -0.149. The summed E-state index contributed by atoms with van der Waals surface area (Å²) in [5.74, 6) is -0.442. The van der Waals surface area contributed by atoms with Gasteiger partial charge < -0.3 is 14.8 Å². The number of hydrogen-bond acceptors (Lipinski definition) is 6. The number of aliphatic carboxylic acids is 1. The molecule has 0 radical (unpaired) electrons. The van der Waals surface area contributed by atoms with E-state index in [0.29, 0.717) is 31.0 Å². The number of carbonyl (C=O) groups excluding carboxylic acids is 1. The van der Waals surface area contributed by atoms with Crippen LogP contribution in [0, 0.1) is 0 Å². The van der Waals surface area contributed by atoms with Crippen molar-refractivity contribution in [2.45, 2.75) is 50.5 Å². The Balaban J connectivity index is 1.56. The summed E-state index contributed by atoms with van der Waals surface area (Å²) < 4.78 is 5.53. The molecule has 1 saturated carbocycles. The molecule has 1 aliphatic carbocycles. The van der Waals surface area contributed by atoms with Crippen molar-refractivity contribution in [3.63, 3.8) is 0 Å². The van der Waals surface area contributed by atoms with E-state index in [9.17, 15) is 14.7 Å². The van der Waals surface area contributed by atoms with Crippen molar-refractivity contribution in [1.29, 1.82) is 0 Å². The van der Waals surface area contributed by atoms with Gasteiger partial charge in [-0.1, -0.05) is 19.3 Å². The van der Waals surface area contributed by atoms with E-state index in [4.69, 9.17) is 4.42 Å². The third-order valence-electron chi connectivity index (χ3n) is 4.30. The highest BCUT2D eigenvalue weighted by Crippen LogP contribution is 2.28. The molecule has 0 atom stereocenters. The van der Waals surface area contributed by atoms with Crippen LogP contribution in [0.3, 0.4) is 0 Å². The van der Waals surface area contributed by atoms with E-state index >= 15 is 0 Å². The fourth-order valence-electron chi connectivity index (χ4n) is 2.95. The van der Waals surface area contributed by atoms with Crippen LogP contribution < -0.4 is 5.32 Å². The first kappa shape index (κ1) is 16.6. The first-order valence-electron chi connectivity index (χ1n) is 7.98. The van der Waals surface area contributed by atoms with Crippen LogP contribution in [0.1, 0.15) is 44.4 Å². The number of thiophene rings is 1. The van der Waals surface area contributed by atoms with Gasteiger partial charge in [-0.2, -0.15) is 11.3 Å². The normalized spacial score (nSPS) is 16.7. The Hall–Kier alpha value is -2.22. The SMILES string of the molecule is O=C(CCc1nnc(-c2ccsc2)o1)NC1(C(=O)O)CCCCC1. The zero-order valence-corrected chi connectivity index (χ0v) is 14.0. The summed E-state index contributed by atoms with van der Waals surface area (Å²) >= 11 is 1.54. The summed E-state index contributed by atoms with van der Waals surface area (Å²) in [6, 6.07) is 1.88. The molecule has 8 heteroatoms. The predicted molar refractivity (Wildman–Crippen MR) is 87.5 cm³/mol. The molecule has 1 amide bonds. The quantitative estimate of drug-likeness (QED) is 0.830. The van der Waals surface area contributed by atoms with Gasteiger partial charge >= 0.3 is 5.97 Å². The van der Waals surface area contributed by atoms with E-state index in [1.807, 2.05) is 16.8 Å². The summed E-state index contributed by atoms with van der Waals surface area (Å²) in [5, 5.41) is 23.9. The van der Waals surface area contributed by atoms with Crippen molar-refractivity contribution in [3.8, 4) is 11.5 Å². The van der Waals surface area contributed by atoms with E-state index in [2.05, 4.69) is 15.5 Å². The Morgan fingerprint density at radius 2 is 2.08 bits per heavy atom. The molecule has 3 rings (SSSR count). The molecule has 0 saturated heterocycles. The van der Waals surface area contributed by atoms with Crippen molar-refractivity contribution in [3.05, 3.63) is 22.7 Å². The lowest BCUT2D eigenvalue weighted by Crippen LogP contribution is -2.55. The van der Waals surface area contributed by atoms with Crippen molar-refractivity contribution >= 4 is 23.2 Å². The fourth-order valence-corrected chi connectivity index (χ4v) is 3.58. The third-order valence-corrected chi connectivity index (χ3v) is 4.98. The second kappa shape index (κ2) is 7.12. The number of carboxylic acid groups (broad SMARTS) is 1. The first-order chi connectivity index (χ1) is 11.6. The Morgan fingerprint density at radius 3 is 2.75 bits per heavy atom. The zero-order valence-electron chi connectivity index (χ0n) is 13.2. The molecule has 0 aromatic carbocycles. The average Bonchev–Trinajstić information content (AvgIpc) is 3.25. The molecule has 7 nitrogen and oxygen atoms in total. The van der Waals surface area contributed by atoms with Crippen LogP contribution in [0.4, 0.5) is 0 Å². The van der Waals surface area contributed by atoms with Gasteiger partial charge in [-0.15, -0.1) is 10.2 Å². The Labute approximate surface area is 143 Å². The van der Waals surface area contributed by atoms with Gasteiger partial charge in [-0.25, -0.2) is 4.79 Å². The lowest BCUT2D eigenvalue weighted by atomic mass is 9.81. The molecule has 2 heterocycles. The van der Waals surface area contributed by atoms with Gasteiger partial charge in [0, 0.05) is 23.8 Å². The molecule has 0 aliphatic heterocycles. The fraction of sp³-hybridized carbons (Fsp3) is 0.500. The van der Waals surface area contributed by atoms with Crippen LogP contribution in [0.15, 0.2) is 21.2 Å². The topological polar surface area (TPSA) is 105 Å². The molecule has 1 aliphatic rings. The number of nitrogens with zero attached hydrogens (tertiary/aromatic N) is 2. The van der Waals surface area contributed by atoms with E-state index in [1.165, 1.54) is 11.3 Å². The number of aryl methyl sites for hydroxylation is 1. The number of carbonyl (C=O) groups is 2. The van der Waals surface area contributed by atoms with Gasteiger partial charge in [0.05, 0.1) is 0 Å². The number of amides is 1. The molecule has 0 spiro atoms. The van der Waals surface area contributed by atoms with Gasteiger partial charge in [0.15, 0.2) is 0 Å².